The molecule has 1 N–H and O–H groups in total. The van der Waals surface area contributed by atoms with Crippen molar-refractivity contribution in [3.63, 3.8) is 0 Å². The van der Waals surface area contributed by atoms with Crippen LogP contribution in [0.25, 0.3) is 0 Å². The first kappa shape index (κ1) is 21.7. The number of carbonyl (C=O) groups is 1. The highest BCUT2D eigenvalue weighted by Crippen LogP contribution is 2.32. The van der Waals surface area contributed by atoms with E-state index in [2.05, 4.69) is 10.3 Å². The maximum Gasteiger partial charge on any atom is 0.416 e. The fourth-order valence-electron chi connectivity index (χ4n) is 2.98. The fourth-order valence-corrected chi connectivity index (χ4v) is 2.98. The zero-order chi connectivity index (χ0) is 22.7. The minimum Gasteiger partial charge on any atom is -0.457 e. The molecule has 0 spiro atoms. The van der Waals surface area contributed by atoms with Crippen molar-refractivity contribution >= 4 is 11.6 Å². The number of hydrogen-bond acceptors (Lipinski definition) is 5. The zero-order valence-electron chi connectivity index (χ0n) is 16.4. The molecule has 0 unspecified atom stereocenters. The largest absolute Gasteiger partial charge is 0.457 e. The van der Waals surface area contributed by atoms with E-state index in [1.165, 1.54) is 48.7 Å². The van der Waals surface area contributed by atoms with Crippen LogP contribution >= 0.6 is 0 Å². The minimum atomic E-state index is -4.43. The first-order valence-corrected chi connectivity index (χ1v) is 9.45. The van der Waals surface area contributed by atoms with Gasteiger partial charge in [-0.3, -0.25) is 4.79 Å². The van der Waals surface area contributed by atoms with Crippen molar-refractivity contribution in [3.8, 4) is 11.5 Å². The van der Waals surface area contributed by atoms with E-state index in [4.69, 9.17) is 14.2 Å². The summed E-state index contributed by atoms with van der Waals surface area (Å²) in [6.07, 6.45) is -4.02. The Balaban J connectivity index is 1.42. The average molecular weight is 448 g/mol. The summed E-state index contributed by atoms with van der Waals surface area (Å²) in [4.78, 5) is 16.3. The van der Waals surface area contributed by atoms with Crippen LogP contribution in [0.15, 0.2) is 60.8 Å². The number of nitrogens with one attached hydrogen (secondary N) is 1. The second-order valence-electron chi connectivity index (χ2n) is 6.74. The van der Waals surface area contributed by atoms with Gasteiger partial charge in [0.1, 0.15) is 11.5 Å². The van der Waals surface area contributed by atoms with Crippen LogP contribution < -0.4 is 10.1 Å². The van der Waals surface area contributed by atoms with Gasteiger partial charge in [-0.15, -0.1) is 0 Å². The maximum absolute atomic E-state index is 14.7. The summed E-state index contributed by atoms with van der Waals surface area (Å²) in [7, 11) is 0. The molecule has 0 saturated carbocycles. The Labute approximate surface area is 179 Å². The Hall–Kier alpha value is -3.50. The van der Waals surface area contributed by atoms with Crippen LogP contribution in [-0.2, 0) is 15.7 Å². The molecule has 4 rings (SSSR count). The van der Waals surface area contributed by atoms with Crippen LogP contribution in [0.1, 0.15) is 27.9 Å². The van der Waals surface area contributed by atoms with Gasteiger partial charge >= 0.3 is 6.18 Å². The number of amides is 1. The third-order valence-electron chi connectivity index (χ3n) is 4.54. The molecule has 0 aliphatic carbocycles. The van der Waals surface area contributed by atoms with Crippen LogP contribution in [0, 0.1) is 5.82 Å². The number of halogens is 4. The average Bonchev–Trinajstić information content (AvgIpc) is 3.30. The summed E-state index contributed by atoms with van der Waals surface area (Å²) < 4.78 is 68.6. The van der Waals surface area contributed by atoms with E-state index in [0.717, 1.165) is 12.1 Å². The molecule has 10 heteroatoms. The molecule has 0 radical (unpaired) electrons. The van der Waals surface area contributed by atoms with Gasteiger partial charge in [0.05, 0.1) is 18.8 Å². The number of anilines is 1. The number of rotatable bonds is 5. The summed E-state index contributed by atoms with van der Waals surface area (Å²) in [5.74, 6) is -1.04. The van der Waals surface area contributed by atoms with Crippen LogP contribution in [-0.4, -0.2) is 24.1 Å². The van der Waals surface area contributed by atoms with Gasteiger partial charge in [0, 0.05) is 17.4 Å². The smallest absolute Gasteiger partial charge is 0.416 e. The SMILES string of the molecule is O=C(Nc1ccc(Oc2ccc(C(F)(F)F)cc2)cc1)c1nccc(C2OCCO2)c1F. The maximum atomic E-state index is 14.7. The lowest BCUT2D eigenvalue weighted by Gasteiger charge is -2.13. The van der Waals surface area contributed by atoms with Crippen molar-refractivity contribution < 1.29 is 36.6 Å². The van der Waals surface area contributed by atoms with Gasteiger partial charge in [0.25, 0.3) is 5.91 Å². The topological polar surface area (TPSA) is 69.7 Å². The Morgan fingerprint density at radius 1 is 0.969 bits per heavy atom. The molecular formula is C22H16F4N2O4. The van der Waals surface area contributed by atoms with Crippen molar-refractivity contribution in [2.75, 3.05) is 18.5 Å². The van der Waals surface area contributed by atoms with Gasteiger partial charge in [0.2, 0.25) is 0 Å². The lowest BCUT2D eigenvalue weighted by Crippen LogP contribution is -2.17. The van der Waals surface area contributed by atoms with E-state index in [1.807, 2.05) is 0 Å². The molecule has 1 aromatic heterocycles. The van der Waals surface area contributed by atoms with Crippen molar-refractivity contribution in [2.45, 2.75) is 12.5 Å². The van der Waals surface area contributed by atoms with E-state index in [-0.39, 0.29) is 11.3 Å². The molecule has 3 aromatic rings. The fraction of sp³-hybridized carbons (Fsp3) is 0.182. The van der Waals surface area contributed by atoms with Crippen LogP contribution in [0.2, 0.25) is 0 Å². The lowest BCUT2D eigenvalue weighted by molar-refractivity contribution is -0.137. The van der Waals surface area contributed by atoms with Crippen LogP contribution in [0.3, 0.4) is 0 Å². The third kappa shape index (κ3) is 4.87. The Morgan fingerprint density at radius 3 is 2.16 bits per heavy atom. The predicted molar refractivity (Wildman–Crippen MR) is 105 cm³/mol. The summed E-state index contributed by atoms with van der Waals surface area (Å²) in [5.41, 5.74) is -0.761. The molecule has 1 saturated heterocycles. The number of carbonyl (C=O) groups excluding carboxylic acids is 1. The second-order valence-corrected chi connectivity index (χ2v) is 6.74. The highest BCUT2D eigenvalue weighted by Gasteiger charge is 2.30. The molecule has 2 aromatic carbocycles. The summed E-state index contributed by atoms with van der Waals surface area (Å²) in [5, 5.41) is 2.53. The van der Waals surface area contributed by atoms with Gasteiger partial charge < -0.3 is 19.5 Å². The number of aromatic nitrogens is 1. The first-order chi connectivity index (χ1) is 15.3. The zero-order valence-corrected chi connectivity index (χ0v) is 16.4. The van der Waals surface area contributed by atoms with Crippen LogP contribution in [0.5, 0.6) is 11.5 Å². The second kappa shape index (κ2) is 8.93. The molecule has 0 bridgehead atoms. The quantitative estimate of drug-likeness (QED) is 0.535. The summed E-state index contributed by atoms with van der Waals surface area (Å²) in [6.45, 7) is 0.656. The summed E-state index contributed by atoms with van der Waals surface area (Å²) in [6, 6.07) is 11.7. The molecule has 1 amide bonds. The van der Waals surface area contributed by atoms with E-state index in [1.54, 1.807) is 0 Å². The summed E-state index contributed by atoms with van der Waals surface area (Å²) >= 11 is 0. The lowest BCUT2D eigenvalue weighted by atomic mass is 10.2. The molecular weight excluding hydrogens is 432 g/mol. The number of pyridine rings is 1. The van der Waals surface area contributed by atoms with E-state index >= 15 is 0 Å². The highest BCUT2D eigenvalue weighted by molar-refractivity contribution is 6.03. The normalized spacial score (nSPS) is 14.4. The van der Waals surface area contributed by atoms with Crippen molar-refractivity contribution in [2.24, 2.45) is 0 Å². The van der Waals surface area contributed by atoms with Crippen molar-refractivity contribution in [3.05, 3.63) is 83.4 Å². The highest BCUT2D eigenvalue weighted by atomic mass is 19.4. The number of nitrogens with zero attached hydrogens (tertiary/aromatic N) is 1. The molecule has 0 atom stereocenters. The minimum absolute atomic E-state index is 0.0861. The Morgan fingerprint density at radius 2 is 1.56 bits per heavy atom. The third-order valence-corrected chi connectivity index (χ3v) is 4.54. The standard InChI is InChI=1S/C22H16F4N2O4/c23-18-17(21-30-11-12-31-21)9-10-27-19(18)20(29)28-14-3-7-16(8-4-14)32-15-5-1-13(2-6-15)22(24,25)26/h1-10,21H,11-12H2,(H,28,29). The Kier molecular flexibility index (Phi) is 6.06. The first-order valence-electron chi connectivity index (χ1n) is 9.45. The molecule has 1 aliphatic heterocycles. The molecule has 1 fully saturated rings. The van der Waals surface area contributed by atoms with Crippen LogP contribution in [0.4, 0.5) is 23.2 Å². The van der Waals surface area contributed by atoms with Gasteiger partial charge in [0.15, 0.2) is 17.8 Å². The monoisotopic (exact) mass is 448 g/mol. The van der Waals surface area contributed by atoms with Crippen molar-refractivity contribution in [1.29, 1.82) is 0 Å². The van der Waals surface area contributed by atoms with E-state index in [0.29, 0.717) is 24.7 Å². The number of benzene rings is 2. The van der Waals surface area contributed by atoms with Gasteiger partial charge in [-0.25, -0.2) is 9.37 Å². The van der Waals surface area contributed by atoms with Gasteiger partial charge in [-0.1, -0.05) is 0 Å². The predicted octanol–water partition coefficient (Wildman–Crippen LogP) is 5.33. The van der Waals surface area contributed by atoms with E-state index in [9.17, 15) is 22.4 Å². The number of alkyl halides is 3. The van der Waals surface area contributed by atoms with Crippen molar-refractivity contribution in [1.82, 2.24) is 4.98 Å². The van der Waals surface area contributed by atoms with E-state index < -0.39 is 35.4 Å². The molecule has 2 heterocycles. The Bertz CT molecular complexity index is 1100. The van der Waals surface area contributed by atoms with Gasteiger partial charge in [-0.2, -0.15) is 13.2 Å². The van der Waals surface area contributed by atoms with Gasteiger partial charge in [-0.05, 0) is 54.6 Å². The molecule has 166 valence electrons. The number of ether oxygens (including phenoxy) is 3. The number of hydrogen-bond donors (Lipinski definition) is 1. The molecule has 32 heavy (non-hydrogen) atoms. The molecule has 6 nitrogen and oxygen atoms in total. The molecule has 1 aliphatic rings.